The van der Waals surface area contributed by atoms with Gasteiger partial charge in [-0.1, -0.05) is 57.2 Å². The highest BCUT2D eigenvalue weighted by molar-refractivity contribution is 5.35. The fraction of sp³-hybridized carbons (Fsp3) is 0.684. The first kappa shape index (κ1) is 15.6. The Bertz CT molecular complexity index is 404. The molecular formula is C19H31N. The second-order valence-electron chi connectivity index (χ2n) is 6.54. The Morgan fingerprint density at radius 2 is 1.90 bits per heavy atom. The van der Waals surface area contributed by atoms with E-state index < -0.39 is 0 Å². The van der Waals surface area contributed by atoms with Gasteiger partial charge in [-0.15, -0.1) is 0 Å². The lowest BCUT2D eigenvalue weighted by Crippen LogP contribution is -2.26. The maximum atomic E-state index is 3.80. The molecule has 0 aliphatic heterocycles. The Hall–Kier alpha value is -0.820. The fourth-order valence-corrected chi connectivity index (χ4v) is 3.55. The van der Waals surface area contributed by atoms with E-state index in [2.05, 4.69) is 44.3 Å². The number of hydrogen-bond acceptors (Lipinski definition) is 1. The molecule has 1 heteroatoms. The third kappa shape index (κ3) is 4.09. The monoisotopic (exact) mass is 273 g/mol. The molecule has 1 aliphatic carbocycles. The van der Waals surface area contributed by atoms with E-state index in [-0.39, 0.29) is 0 Å². The summed E-state index contributed by atoms with van der Waals surface area (Å²) in [5, 5.41) is 3.80. The van der Waals surface area contributed by atoms with Gasteiger partial charge in [-0.25, -0.2) is 0 Å². The van der Waals surface area contributed by atoms with E-state index in [0.29, 0.717) is 6.04 Å². The first-order valence-electron chi connectivity index (χ1n) is 8.52. The summed E-state index contributed by atoms with van der Waals surface area (Å²) in [7, 11) is 0. The summed E-state index contributed by atoms with van der Waals surface area (Å²) in [6, 6.07) is 7.34. The molecule has 20 heavy (non-hydrogen) atoms. The first-order chi connectivity index (χ1) is 9.72. The molecule has 1 saturated carbocycles. The van der Waals surface area contributed by atoms with Crippen LogP contribution in [0.4, 0.5) is 0 Å². The van der Waals surface area contributed by atoms with E-state index in [0.717, 1.165) is 12.5 Å². The summed E-state index contributed by atoms with van der Waals surface area (Å²) >= 11 is 0. The minimum atomic E-state index is 0.554. The first-order valence-corrected chi connectivity index (χ1v) is 8.52. The van der Waals surface area contributed by atoms with Crippen LogP contribution in [0.25, 0.3) is 0 Å². The number of nitrogens with one attached hydrogen (secondary N) is 1. The lowest BCUT2D eigenvalue weighted by Gasteiger charge is -2.29. The van der Waals surface area contributed by atoms with Crippen LogP contribution < -0.4 is 5.32 Å². The molecule has 0 bridgehead atoms. The van der Waals surface area contributed by atoms with Gasteiger partial charge in [-0.05, 0) is 55.8 Å². The van der Waals surface area contributed by atoms with Crippen molar-refractivity contribution in [1.82, 2.24) is 5.32 Å². The van der Waals surface area contributed by atoms with Crippen LogP contribution in [0, 0.1) is 19.8 Å². The molecule has 1 atom stereocenters. The fourth-order valence-electron chi connectivity index (χ4n) is 3.55. The topological polar surface area (TPSA) is 12.0 Å². The Labute approximate surface area is 125 Å². The molecule has 0 heterocycles. The zero-order chi connectivity index (χ0) is 14.4. The second-order valence-corrected chi connectivity index (χ2v) is 6.54. The molecule has 1 nitrogen and oxygen atoms in total. The Morgan fingerprint density at radius 3 is 2.60 bits per heavy atom. The molecule has 1 aromatic rings. The van der Waals surface area contributed by atoms with Crippen LogP contribution >= 0.6 is 0 Å². The van der Waals surface area contributed by atoms with E-state index in [1.165, 1.54) is 61.6 Å². The van der Waals surface area contributed by atoms with Gasteiger partial charge in [-0.2, -0.15) is 0 Å². The average molecular weight is 273 g/mol. The maximum absolute atomic E-state index is 3.80. The van der Waals surface area contributed by atoms with Crippen molar-refractivity contribution in [1.29, 1.82) is 0 Å². The van der Waals surface area contributed by atoms with Crippen LogP contribution in [0.5, 0.6) is 0 Å². The molecule has 0 spiro atoms. The molecule has 0 radical (unpaired) electrons. The summed E-state index contributed by atoms with van der Waals surface area (Å²) < 4.78 is 0. The van der Waals surface area contributed by atoms with Crippen molar-refractivity contribution >= 4 is 0 Å². The highest BCUT2D eigenvalue weighted by atomic mass is 14.9. The van der Waals surface area contributed by atoms with E-state index in [9.17, 15) is 0 Å². The van der Waals surface area contributed by atoms with Crippen LogP contribution in [0.15, 0.2) is 18.2 Å². The van der Waals surface area contributed by atoms with Gasteiger partial charge < -0.3 is 5.32 Å². The van der Waals surface area contributed by atoms with Crippen molar-refractivity contribution in [2.24, 2.45) is 5.92 Å². The van der Waals surface area contributed by atoms with Crippen molar-refractivity contribution in [2.75, 3.05) is 6.54 Å². The van der Waals surface area contributed by atoms with Crippen LogP contribution in [0.2, 0.25) is 0 Å². The van der Waals surface area contributed by atoms with E-state index >= 15 is 0 Å². The van der Waals surface area contributed by atoms with Gasteiger partial charge in [0.1, 0.15) is 0 Å². The van der Waals surface area contributed by atoms with Gasteiger partial charge in [0.15, 0.2) is 0 Å². The number of rotatable bonds is 6. The van der Waals surface area contributed by atoms with Gasteiger partial charge in [0.05, 0.1) is 0 Å². The third-order valence-corrected chi connectivity index (χ3v) is 4.96. The van der Waals surface area contributed by atoms with Crippen molar-refractivity contribution in [3.8, 4) is 0 Å². The zero-order valence-electron chi connectivity index (χ0n) is 13.5. The predicted octanol–water partition coefficient (Wildman–Crippen LogP) is 5.31. The summed E-state index contributed by atoms with van der Waals surface area (Å²) in [6.45, 7) is 7.90. The molecule has 112 valence electrons. The van der Waals surface area contributed by atoms with E-state index in [4.69, 9.17) is 0 Å². The number of hydrogen-bond donors (Lipinski definition) is 1. The molecule has 2 rings (SSSR count). The molecule has 0 amide bonds. The molecule has 1 unspecified atom stereocenters. The lowest BCUT2D eigenvalue weighted by molar-refractivity contribution is 0.299. The van der Waals surface area contributed by atoms with Gasteiger partial charge in [-0.3, -0.25) is 0 Å². The molecule has 0 aromatic heterocycles. The quantitative estimate of drug-likeness (QED) is 0.740. The maximum Gasteiger partial charge on any atom is 0.0325 e. The van der Waals surface area contributed by atoms with Crippen molar-refractivity contribution < 1.29 is 0 Å². The highest BCUT2D eigenvalue weighted by Gasteiger charge is 2.21. The van der Waals surface area contributed by atoms with Crippen LogP contribution in [0.3, 0.4) is 0 Å². The van der Waals surface area contributed by atoms with Gasteiger partial charge >= 0.3 is 0 Å². The van der Waals surface area contributed by atoms with E-state index in [1.807, 2.05) is 0 Å². The van der Waals surface area contributed by atoms with E-state index in [1.54, 1.807) is 0 Å². The van der Waals surface area contributed by atoms with Gasteiger partial charge in [0, 0.05) is 6.04 Å². The summed E-state index contributed by atoms with van der Waals surface area (Å²) in [4.78, 5) is 0. The third-order valence-electron chi connectivity index (χ3n) is 4.96. The standard InChI is InChI=1S/C19H31N/c1-4-13-20-19(14-17-10-6-5-7-11-17)18-12-8-9-15(2)16(18)3/h8-9,12,17,19-20H,4-7,10-11,13-14H2,1-3H3. The SMILES string of the molecule is CCCNC(CC1CCCCC1)c1cccc(C)c1C. The smallest absolute Gasteiger partial charge is 0.0325 e. The Morgan fingerprint density at radius 1 is 1.15 bits per heavy atom. The zero-order valence-corrected chi connectivity index (χ0v) is 13.5. The molecule has 0 saturated heterocycles. The molecule has 1 aliphatic rings. The number of benzene rings is 1. The molecule has 1 fully saturated rings. The van der Waals surface area contributed by atoms with Crippen molar-refractivity contribution in [3.63, 3.8) is 0 Å². The van der Waals surface area contributed by atoms with Crippen molar-refractivity contribution in [3.05, 3.63) is 34.9 Å². The van der Waals surface area contributed by atoms with Gasteiger partial charge in [0.2, 0.25) is 0 Å². The normalized spacial score (nSPS) is 18.1. The summed E-state index contributed by atoms with van der Waals surface area (Å²) in [6.07, 6.45) is 9.75. The van der Waals surface area contributed by atoms with Crippen molar-refractivity contribution in [2.45, 2.75) is 71.8 Å². The summed E-state index contributed by atoms with van der Waals surface area (Å²) in [5.41, 5.74) is 4.44. The lowest BCUT2D eigenvalue weighted by atomic mass is 9.82. The Kier molecular flexibility index (Phi) is 6.09. The average Bonchev–Trinajstić information content (AvgIpc) is 2.48. The largest absolute Gasteiger partial charge is 0.310 e. The molecule has 1 N–H and O–H groups in total. The predicted molar refractivity (Wildman–Crippen MR) is 88.1 cm³/mol. The minimum absolute atomic E-state index is 0.554. The Balaban J connectivity index is 2.11. The summed E-state index contributed by atoms with van der Waals surface area (Å²) in [5.74, 6) is 0.929. The van der Waals surface area contributed by atoms with Gasteiger partial charge in [0.25, 0.3) is 0 Å². The number of aryl methyl sites for hydroxylation is 1. The molecular weight excluding hydrogens is 242 g/mol. The van der Waals surface area contributed by atoms with Crippen LogP contribution in [-0.4, -0.2) is 6.54 Å². The van der Waals surface area contributed by atoms with Crippen LogP contribution in [0.1, 0.15) is 74.6 Å². The highest BCUT2D eigenvalue weighted by Crippen LogP contribution is 2.33. The minimum Gasteiger partial charge on any atom is -0.310 e. The second kappa shape index (κ2) is 7.83. The van der Waals surface area contributed by atoms with Crippen LogP contribution in [-0.2, 0) is 0 Å². The molecule has 1 aromatic carbocycles.